The quantitative estimate of drug-likeness (QED) is 0.617. The highest BCUT2D eigenvalue weighted by Crippen LogP contribution is 2.26. The number of hydrogen-bond acceptors (Lipinski definition) is 5. The normalized spacial score (nSPS) is 16.2. The summed E-state index contributed by atoms with van der Waals surface area (Å²) >= 11 is 0. The Kier molecular flexibility index (Phi) is 3.53. The van der Waals surface area contributed by atoms with Gasteiger partial charge in [-0.1, -0.05) is 0 Å². The summed E-state index contributed by atoms with van der Waals surface area (Å²) in [6, 6.07) is 1.40. The molecule has 0 aliphatic carbocycles. The van der Waals surface area contributed by atoms with Gasteiger partial charge >= 0.3 is 0 Å². The van der Waals surface area contributed by atoms with Crippen LogP contribution < -0.4 is 10.4 Å². The molecule has 16 heavy (non-hydrogen) atoms. The first kappa shape index (κ1) is 11.1. The van der Waals surface area contributed by atoms with Crippen molar-refractivity contribution in [1.29, 1.82) is 0 Å². The van der Waals surface area contributed by atoms with Crippen LogP contribution in [0.2, 0.25) is 0 Å². The highest BCUT2D eigenvalue weighted by Gasteiger charge is 2.16. The van der Waals surface area contributed by atoms with Gasteiger partial charge in [0, 0.05) is 19.2 Å². The van der Waals surface area contributed by atoms with Crippen molar-refractivity contribution in [2.75, 3.05) is 43.8 Å². The SMILES string of the molecule is CONc1cnc(F)cc1N1CCOCC1. The zero-order chi connectivity index (χ0) is 11.4. The average Bonchev–Trinajstić information content (AvgIpc) is 2.33. The van der Waals surface area contributed by atoms with Gasteiger partial charge in [-0.2, -0.15) is 4.39 Å². The van der Waals surface area contributed by atoms with Gasteiger partial charge in [0.05, 0.1) is 32.2 Å². The molecule has 1 aliphatic rings. The standard InChI is InChI=1S/C10H14FN3O2/c1-15-13-8-7-12-10(11)6-9(8)14-2-4-16-5-3-14/h6-7,13H,2-5H2,1H3. The summed E-state index contributed by atoms with van der Waals surface area (Å²) in [6.07, 6.45) is 1.42. The molecule has 0 spiro atoms. The smallest absolute Gasteiger partial charge is 0.215 e. The second-order valence-electron chi connectivity index (χ2n) is 3.43. The number of pyridine rings is 1. The van der Waals surface area contributed by atoms with Crippen molar-refractivity contribution in [3.05, 3.63) is 18.2 Å². The Bertz CT molecular complexity index is 356. The number of aromatic nitrogens is 1. The minimum atomic E-state index is -0.497. The fourth-order valence-electron chi connectivity index (χ4n) is 1.67. The van der Waals surface area contributed by atoms with Gasteiger partial charge in [-0.15, -0.1) is 0 Å². The molecule has 2 rings (SSSR count). The summed E-state index contributed by atoms with van der Waals surface area (Å²) in [6.45, 7) is 2.77. The van der Waals surface area contributed by atoms with Gasteiger partial charge in [0.2, 0.25) is 5.95 Å². The summed E-state index contributed by atoms with van der Waals surface area (Å²) in [5, 5.41) is 0. The molecule has 1 aromatic rings. The maximum absolute atomic E-state index is 13.1. The van der Waals surface area contributed by atoms with Gasteiger partial charge < -0.3 is 9.64 Å². The number of ether oxygens (including phenoxy) is 1. The fourth-order valence-corrected chi connectivity index (χ4v) is 1.67. The Hall–Kier alpha value is -1.40. The van der Waals surface area contributed by atoms with E-state index in [-0.39, 0.29) is 0 Å². The van der Waals surface area contributed by atoms with E-state index in [2.05, 4.69) is 10.5 Å². The van der Waals surface area contributed by atoms with E-state index < -0.39 is 5.95 Å². The molecular weight excluding hydrogens is 213 g/mol. The number of nitrogens with one attached hydrogen (secondary N) is 1. The van der Waals surface area contributed by atoms with Crippen molar-refractivity contribution in [2.24, 2.45) is 0 Å². The number of rotatable bonds is 3. The first-order chi connectivity index (χ1) is 7.81. The molecule has 6 heteroatoms. The molecule has 1 aliphatic heterocycles. The first-order valence-electron chi connectivity index (χ1n) is 5.08. The van der Waals surface area contributed by atoms with E-state index in [9.17, 15) is 4.39 Å². The molecule has 1 saturated heterocycles. The van der Waals surface area contributed by atoms with Gasteiger partial charge in [-0.05, 0) is 0 Å². The molecular formula is C10H14FN3O2. The van der Waals surface area contributed by atoms with Gasteiger partial charge in [-0.25, -0.2) is 4.98 Å². The van der Waals surface area contributed by atoms with Gasteiger partial charge in [0.1, 0.15) is 5.69 Å². The number of halogens is 1. The third kappa shape index (κ3) is 2.40. The molecule has 5 nitrogen and oxygen atoms in total. The van der Waals surface area contributed by atoms with Crippen molar-refractivity contribution < 1.29 is 14.0 Å². The van der Waals surface area contributed by atoms with Crippen molar-refractivity contribution in [1.82, 2.24) is 4.98 Å². The number of nitrogens with zero attached hydrogens (tertiary/aromatic N) is 2. The molecule has 0 radical (unpaired) electrons. The van der Waals surface area contributed by atoms with Crippen molar-refractivity contribution in [3.8, 4) is 0 Å². The second-order valence-corrected chi connectivity index (χ2v) is 3.43. The monoisotopic (exact) mass is 227 g/mol. The molecule has 0 unspecified atom stereocenters. The summed E-state index contributed by atoms with van der Waals surface area (Å²) in [4.78, 5) is 10.5. The highest BCUT2D eigenvalue weighted by molar-refractivity contribution is 5.68. The second kappa shape index (κ2) is 5.09. The molecule has 1 N–H and O–H groups in total. The molecule has 0 aromatic carbocycles. The van der Waals surface area contributed by atoms with Crippen LogP contribution in [-0.2, 0) is 9.57 Å². The molecule has 1 fully saturated rings. The lowest BCUT2D eigenvalue weighted by atomic mass is 10.3. The Balaban J connectivity index is 2.24. The van der Waals surface area contributed by atoms with E-state index in [1.807, 2.05) is 4.90 Å². The van der Waals surface area contributed by atoms with E-state index in [0.29, 0.717) is 18.9 Å². The minimum Gasteiger partial charge on any atom is -0.378 e. The van der Waals surface area contributed by atoms with Crippen LogP contribution >= 0.6 is 0 Å². The lowest BCUT2D eigenvalue weighted by Gasteiger charge is -2.30. The van der Waals surface area contributed by atoms with Gasteiger partial charge in [-0.3, -0.25) is 10.3 Å². The molecule has 2 heterocycles. The largest absolute Gasteiger partial charge is 0.378 e. The molecule has 1 aromatic heterocycles. The van der Waals surface area contributed by atoms with Crippen molar-refractivity contribution in [3.63, 3.8) is 0 Å². The Labute approximate surface area is 93.1 Å². The molecule has 0 saturated carbocycles. The zero-order valence-corrected chi connectivity index (χ0v) is 9.07. The Morgan fingerprint density at radius 2 is 2.25 bits per heavy atom. The number of anilines is 2. The van der Waals surface area contributed by atoms with E-state index in [4.69, 9.17) is 9.57 Å². The topological polar surface area (TPSA) is 46.6 Å². The molecule has 0 atom stereocenters. The third-order valence-electron chi connectivity index (χ3n) is 2.41. The van der Waals surface area contributed by atoms with Crippen LogP contribution in [0.4, 0.5) is 15.8 Å². The van der Waals surface area contributed by atoms with Crippen LogP contribution in [-0.4, -0.2) is 38.4 Å². The van der Waals surface area contributed by atoms with E-state index >= 15 is 0 Å². The maximum Gasteiger partial charge on any atom is 0.215 e. The summed E-state index contributed by atoms with van der Waals surface area (Å²) in [5.74, 6) is -0.497. The Morgan fingerprint density at radius 3 is 2.94 bits per heavy atom. The third-order valence-corrected chi connectivity index (χ3v) is 2.41. The minimum absolute atomic E-state index is 0.497. The van der Waals surface area contributed by atoms with Crippen LogP contribution in [0.3, 0.4) is 0 Å². The fraction of sp³-hybridized carbons (Fsp3) is 0.500. The highest BCUT2D eigenvalue weighted by atomic mass is 19.1. The number of hydrogen-bond donors (Lipinski definition) is 1. The first-order valence-corrected chi connectivity index (χ1v) is 5.08. The predicted octanol–water partition coefficient (Wildman–Crippen LogP) is 1.03. The van der Waals surface area contributed by atoms with Crippen LogP contribution in [0.5, 0.6) is 0 Å². The van der Waals surface area contributed by atoms with E-state index in [1.54, 1.807) is 0 Å². The van der Waals surface area contributed by atoms with E-state index in [0.717, 1.165) is 18.8 Å². The van der Waals surface area contributed by atoms with E-state index in [1.165, 1.54) is 19.4 Å². The molecule has 0 bridgehead atoms. The Morgan fingerprint density at radius 1 is 1.50 bits per heavy atom. The van der Waals surface area contributed by atoms with Crippen LogP contribution in [0.15, 0.2) is 12.3 Å². The number of morpholine rings is 1. The molecule has 88 valence electrons. The zero-order valence-electron chi connectivity index (χ0n) is 9.07. The van der Waals surface area contributed by atoms with Gasteiger partial charge in [0.25, 0.3) is 0 Å². The molecule has 0 amide bonds. The average molecular weight is 227 g/mol. The maximum atomic E-state index is 13.1. The van der Waals surface area contributed by atoms with Crippen LogP contribution in [0, 0.1) is 5.95 Å². The summed E-state index contributed by atoms with van der Waals surface area (Å²) in [5.41, 5.74) is 4.09. The van der Waals surface area contributed by atoms with Gasteiger partial charge in [0.15, 0.2) is 0 Å². The summed E-state index contributed by atoms with van der Waals surface area (Å²) < 4.78 is 18.4. The lowest BCUT2D eigenvalue weighted by Crippen LogP contribution is -2.36. The lowest BCUT2D eigenvalue weighted by molar-refractivity contribution is 0.122. The van der Waals surface area contributed by atoms with Crippen molar-refractivity contribution >= 4 is 11.4 Å². The summed E-state index contributed by atoms with van der Waals surface area (Å²) in [7, 11) is 1.51. The van der Waals surface area contributed by atoms with Crippen LogP contribution in [0.25, 0.3) is 0 Å². The predicted molar refractivity (Wildman–Crippen MR) is 57.9 cm³/mol. The van der Waals surface area contributed by atoms with Crippen molar-refractivity contribution in [2.45, 2.75) is 0 Å². The van der Waals surface area contributed by atoms with Crippen LogP contribution in [0.1, 0.15) is 0 Å².